The molecule has 376 valence electrons. The molecule has 75 heavy (non-hydrogen) atoms. The lowest BCUT2D eigenvalue weighted by molar-refractivity contribution is 0.590. The molecule has 0 bridgehead atoms. The minimum absolute atomic E-state index is 0.0106. The number of hydrogen-bond acceptors (Lipinski definition) is 2. The highest BCUT2D eigenvalue weighted by Crippen LogP contribution is 2.57. The summed E-state index contributed by atoms with van der Waals surface area (Å²) in [7, 11) is 0. The Morgan fingerprint density at radius 1 is 0.520 bits per heavy atom. The lowest BCUT2D eigenvalue weighted by Gasteiger charge is -2.42. The summed E-state index contributed by atoms with van der Waals surface area (Å²) >= 11 is 0. The molecule has 0 saturated heterocycles. The zero-order chi connectivity index (χ0) is 52.6. The maximum absolute atomic E-state index is 4.07. The van der Waals surface area contributed by atoms with Crippen LogP contribution in [0.1, 0.15) is 149 Å². The molecule has 5 heteroatoms. The molecule has 0 amide bonds. The van der Waals surface area contributed by atoms with Gasteiger partial charge in [-0.25, -0.2) is 0 Å². The molecule has 9 aromatic rings. The summed E-state index contributed by atoms with van der Waals surface area (Å²) in [6, 6.07) is 50.2. The monoisotopic (exact) mass is 981 g/mol. The third-order valence-electron chi connectivity index (χ3n) is 17.5. The average molecular weight is 981 g/mol. The van der Waals surface area contributed by atoms with Crippen molar-refractivity contribution in [1.29, 1.82) is 0 Å². The Balaban J connectivity index is 1.14. The predicted molar refractivity (Wildman–Crippen MR) is 325 cm³/mol. The van der Waals surface area contributed by atoms with Gasteiger partial charge in [0, 0.05) is 78.0 Å². The minimum atomic E-state index is -0.175. The van der Waals surface area contributed by atoms with Gasteiger partial charge in [-0.3, -0.25) is 0 Å². The molecule has 2 aliphatic heterocycles. The number of nitrogens with one attached hydrogen (secondary N) is 1. The first-order valence-electron chi connectivity index (χ1n) is 27.7. The van der Waals surface area contributed by atoms with Gasteiger partial charge in [0.15, 0.2) is 0 Å². The SMILES string of the molecule is Cc1cc2c3c(c1)-n1c4c(c5cc(C(C)(C)C)cc(c51)B3c1ccc(N(c3ccc(C(C)(C)C)cc3)c3ccc(C(C)(C)C)cc3)cc1N2c1cccc2c1[nH]c1cc(C(C)(C)C)ccc12)C1=CCCC=C1C4(C)C. The highest BCUT2D eigenvalue weighted by Gasteiger charge is 2.49. The Morgan fingerprint density at radius 3 is 1.76 bits per heavy atom. The first-order valence-corrected chi connectivity index (χ1v) is 27.7. The van der Waals surface area contributed by atoms with Gasteiger partial charge < -0.3 is 19.4 Å². The molecule has 0 atom stereocenters. The quantitative estimate of drug-likeness (QED) is 0.178. The van der Waals surface area contributed by atoms with Gasteiger partial charge in [-0.1, -0.05) is 170 Å². The molecule has 4 heterocycles. The first-order chi connectivity index (χ1) is 35.4. The Kier molecular flexibility index (Phi) is 10.0. The van der Waals surface area contributed by atoms with E-state index in [9.17, 15) is 0 Å². The Hall–Kier alpha value is -6.98. The number of rotatable bonds is 4. The second-order valence-electron chi connectivity index (χ2n) is 27.2. The summed E-state index contributed by atoms with van der Waals surface area (Å²) in [6.07, 6.45) is 7.27. The molecular weight excluding hydrogens is 908 g/mol. The molecule has 0 saturated carbocycles. The molecule has 7 aromatic carbocycles. The van der Waals surface area contributed by atoms with Crippen molar-refractivity contribution in [3.05, 3.63) is 184 Å². The average Bonchev–Trinajstić information content (AvgIpc) is 4.06. The van der Waals surface area contributed by atoms with Gasteiger partial charge >= 0.3 is 0 Å². The molecule has 0 fully saturated rings. The summed E-state index contributed by atoms with van der Waals surface area (Å²) in [6.45, 7) is 35.2. The smallest absolute Gasteiger partial charge is 0.252 e. The van der Waals surface area contributed by atoms with E-state index in [4.69, 9.17) is 0 Å². The zero-order valence-electron chi connectivity index (χ0n) is 47.1. The van der Waals surface area contributed by atoms with Crippen LogP contribution >= 0.6 is 0 Å². The predicted octanol–water partition coefficient (Wildman–Crippen LogP) is 17.2. The van der Waals surface area contributed by atoms with E-state index >= 15 is 0 Å². The maximum Gasteiger partial charge on any atom is 0.252 e. The van der Waals surface area contributed by atoms with E-state index in [1.165, 1.54) is 111 Å². The van der Waals surface area contributed by atoms with E-state index in [1.54, 1.807) is 0 Å². The van der Waals surface area contributed by atoms with Gasteiger partial charge in [0.2, 0.25) is 0 Å². The van der Waals surface area contributed by atoms with Crippen LogP contribution in [0, 0.1) is 6.92 Å². The maximum atomic E-state index is 4.07. The van der Waals surface area contributed by atoms with Crippen molar-refractivity contribution in [1.82, 2.24) is 9.55 Å². The molecule has 0 radical (unpaired) electrons. The topological polar surface area (TPSA) is 27.2 Å². The van der Waals surface area contributed by atoms with Crippen molar-refractivity contribution >= 4 is 95.5 Å². The molecule has 13 rings (SSSR count). The van der Waals surface area contributed by atoms with E-state index in [0.29, 0.717) is 0 Å². The van der Waals surface area contributed by atoms with Crippen LogP contribution in [0.4, 0.5) is 34.1 Å². The number of benzene rings is 7. The lowest BCUT2D eigenvalue weighted by Crippen LogP contribution is -2.61. The second kappa shape index (κ2) is 15.8. The molecule has 2 aliphatic carbocycles. The fourth-order valence-corrected chi connectivity index (χ4v) is 13.5. The first kappa shape index (κ1) is 47.7. The second-order valence-corrected chi connectivity index (χ2v) is 27.2. The molecule has 4 nitrogen and oxygen atoms in total. The van der Waals surface area contributed by atoms with Crippen molar-refractivity contribution in [2.45, 2.75) is 144 Å². The van der Waals surface area contributed by atoms with E-state index in [0.717, 1.165) is 41.1 Å². The standard InChI is InChI=1S/C70H73BN4/c1-41-35-59-62-60(36-41)75-64-52(61-51-19-16-17-21-53(51)70(14,15)65(61)75)37-45(69(11,12)13)38-55(64)71(62)54-34-32-48(73(46-28-23-42(24-29-46)66(2,3)4)47-30-25-43(26-31-47)67(5,6)7)40-58(54)74(59)57-22-18-20-50-49-33-27-44(68(8,9)10)39-56(49)72-63(50)57/h18-40,72H,16-17H2,1-15H3. The van der Waals surface area contributed by atoms with Crippen LogP contribution in [-0.4, -0.2) is 16.3 Å². The number of nitrogens with zero attached hydrogens (tertiary/aromatic N) is 3. The molecule has 0 unspecified atom stereocenters. The van der Waals surface area contributed by atoms with E-state index < -0.39 is 0 Å². The Morgan fingerprint density at radius 2 is 1.12 bits per heavy atom. The highest BCUT2D eigenvalue weighted by molar-refractivity contribution is 7.00. The number of aryl methyl sites for hydroxylation is 1. The molecule has 1 N–H and O–H groups in total. The number of anilines is 6. The summed E-state index contributed by atoms with van der Waals surface area (Å²) in [4.78, 5) is 9.19. The summed E-state index contributed by atoms with van der Waals surface area (Å²) in [5.74, 6) is 0. The number of H-pyrrole nitrogens is 1. The zero-order valence-corrected chi connectivity index (χ0v) is 47.1. The third kappa shape index (κ3) is 7.08. The fraction of sp³-hybridized carbons (Fsp3) is 0.314. The molecular formula is C70H73BN4. The number of allylic oxidation sites excluding steroid dienone is 4. The Labute approximate surface area is 446 Å². The normalized spacial score (nSPS) is 15.8. The number of para-hydroxylation sites is 1. The van der Waals surface area contributed by atoms with Crippen LogP contribution in [0.15, 0.2) is 145 Å². The van der Waals surface area contributed by atoms with Gasteiger partial charge in [0.1, 0.15) is 0 Å². The summed E-state index contributed by atoms with van der Waals surface area (Å²) in [5.41, 5.74) is 28.3. The number of fused-ring (bicyclic) bond motifs is 12. The largest absolute Gasteiger partial charge is 0.353 e. The van der Waals surface area contributed by atoms with E-state index in [2.05, 4.69) is 263 Å². The fourth-order valence-electron chi connectivity index (χ4n) is 13.5. The van der Waals surface area contributed by atoms with Crippen LogP contribution < -0.4 is 26.2 Å². The van der Waals surface area contributed by atoms with Crippen molar-refractivity contribution < 1.29 is 0 Å². The van der Waals surface area contributed by atoms with Crippen molar-refractivity contribution in [2.75, 3.05) is 9.80 Å². The minimum Gasteiger partial charge on any atom is -0.353 e. The van der Waals surface area contributed by atoms with Gasteiger partial charge in [-0.15, -0.1) is 0 Å². The number of aromatic amines is 1. The van der Waals surface area contributed by atoms with Crippen molar-refractivity contribution in [3.8, 4) is 5.69 Å². The third-order valence-corrected chi connectivity index (χ3v) is 17.5. The van der Waals surface area contributed by atoms with Crippen LogP contribution in [-0.2, 0) is 27.1 Å². The number of hydrogen-bond donors (Lipinski definition) is 1. The summed E-state index contributed by atoms with van der Waals surface area (Å²) in [5, 5.41) is 3.88. The van der Waals surface area contributed by atoms with Gasteiger partial charge in [-0.2, -0.15) is 0 Å². The van der Waals surface area contributed by atoms with Gasteiger partial charge in [0.25, 0.3) is 6.71 Å². The summed E-state index contributed by atoms with van der Waals surface area (Å²) < 4.78 is 2.74. The van der Waals surface area contributed by atoms with E-state index in [1.807, 2.05) is 0 Å². The van der Waals surface area contributed by atoms with Crippen molar-refractivity contribution in [2.24, 2.45) is 0 Å². The van der Waals surface area contributed by atoms with Crippen LogP contribution in [0.25, 0.3) is 44.0 Å². The van der Waals surface area contributed by atoms with Crippen molar-refractivity contribution in [3.63, 3.8) is 0 Å². The highest BCUT2D eigenvalue weighted by atomic mass is 15.2. The molecule has 4 aliphatic rings. The Bertz CT molecular complexity index is 3900. The van der Waals surface area contributed by atoms with Crippen LogP contribution in [0.5, 0.6) is 0 Å². The van der Waals surface area contributed by atoms with Crippen LogP contribution in [0.3, 0.4) is 0 Å². The molecule has 0 spiro atoms. The number of aromatic nitrogens is 2. The van der Waals surface area contributed by atoms with Gasteiger partial charge in [0.05, 0.1) is 11.2 Å². The van der Waals surface area contributed by atoms with Gasteiger partial charge in [-0.05, 0) is 164 Å². The van der Waals surface area contributed by atoms with Crippen LogP contribution in [0.2, 0.25) is 0 Å². The van der Waals surface area contributed by atoms with E-state index in [-0.39, 0.29) is 33.8 Å². The molecule has 2 aromatic heterocycles. The lowest BCUT2D eigenvalue weighted by atomic mass is 9.33.